The van der Waals surface area contributed by atoms with Crippen LogP contribution in [0, 0.1) is 0 Å². The molecule has 0 aromatic rings. The highest BCUT2D eigenvalue weighted by Crippen LogP contribution is 2.33. The fourth-order valence-electron chi connectivity index (χ4n) is 6.15. The third kappa shape index (κ3) is 21.5. The molecule has 0 N–H and O–H groups in total. The maximum Gasteiger partial charge on any atom is 0.469 e. The summed E-state index contributed by atoms with van der Waals surface area (Å²) < 4.78 is 63.9. The molecule has 0 bridgehead atoms. The van der Waals surface area contributed by atoms with Crippen molar-refractivity contribution in [1.29, 1.82) is 0 Å². The molecule has 0 aliphatic carbocycles. The monoisotopic (exact) mass is 896 g/mol. The molecule has 0 saturated heterocycles. The molecule has 0 amide bonds. The lowest BCUT2D eigenvalue weighted by Gasteiger charge is -2.45. The van der Waals surface area contributed by atoms with Crippen molar-refractivity contribution in [2.45, 2.75) is 134 Å². The van der Waals surface area contributed by atoms with Gasteiger partial charge in [-0.25, -0.2) is 0 Å². The summed E-state index contributed by atoms with van der Waals surface area (Å²) in [6.07, 6.45) is 11.4. The van der Waals surface area contributed by atoms with Crippen molar-refractivity contribution in [3.05, 3.63) is 75.9 Å². The molecule has 0 aromatic heterocycles. The molecular weight excluding hydrogens is 821 g/mol. The van der Waals surface area contributed by atoms with Gasteiger partial charge in [-0.2, -0.15) is 0 Å². The van der Waals surface area contributed by atoms with Crippen LogP contribution in [0.1, 0.15) is 0 Å². The van der Waals surface area contributed by atoms with Crippen LogP contribution >= 0.6 is 0 Å². The Morgan fingerprint density at radius 2 is 0.442 bits per heavy atom. The third-order valence-corrected chi connectivity index (χ3v) is 44.8. The van der Waals surface area contributed by atoms with Crippen LogP contribution in [0.2, 0.25) is 134 Å². The first-order valence-electron chi connectivity index (χ1n) is 18.3. The van der Waals surface area contributed by atoms with E-state index >= 15 is 0 Å². The molecule has 52 heavy (non-hydrogen) atoms. The molecule has 0 unspecified atom stereocenters. The maximum atomic E-state index is 7.21. The molecule has 0 spiro atoms. The van der Waals surface area contributed by atoms with Gasteiger partial charge >= 0.3 is 35.9 Å². The summed E-state index contributed by atoms with van der Waals surface area (Å²) in [6.45, 7) is 55.8. The van der Waals surface area contributed by atoms with E-state index < -0.39 is 85.8 Å². The zero-order chi connectivity index (χ0) is 40.9. The van der Waals surface area contributed by atoms with Gasteiger partial charge in [-0.15, -0.1) is 39.5 Å². The minimum atomic E-state index is -3.51. The van der Waals surface area contributed by atoms with E-state index in [1.54, 1.807) is 0 Å². The average Bonchev–Trinajstić information content (AvgIpc) is 2.84. The number of allylic oxidation sites excluding steroid dienone is 6. The average molecular weight is 898 g/mol. The van der Waals surface area contributed by atoms with E-state index in [1.807, 2.05) is 56.1 Å². The van der Waals surface area contributed by atoms with Gasteiger partial charge in [-0.1, -0.05) is 36.5 Å². The molecule has 0 radical (unpaired) electrons. The highest BCUT2D eigenvalue weighted by molar-refractivity contribution is 6.92. The maximum absolute atomic E-state index is 7.21. The Balaban J connectivity index is 7.78. The van der Waals surface area contributed by atoms with Crippen molar-refractivity contribution in [3.63, 3.8) is 0 Å². The van der Waals surface area contributed by atoms with Gasteiger partial charge in [-0.05, 0) is 115 Å². The van der Waals surface area contributed by atoms with Gasteiger partial charge in [0.15, 0.2) is 49.9 Å². The predicted octanol–water partition coefficient (Wildman–Crippen LogP) is 10.9. The Labute approximate surface area is 331 Å². The topological polar surface area (TPSA) is 83.1 Å². The van der Waals surface area contributed by atoms with Crippen molar-refractivity contribution in [2.24, 2.45) is 0 Å². The fourth-order valence-corrected chi connectivity index (χ4v) is 47.9. The van der Waals surface area contributed by atoms with Gasteiger partial charge in [0.2, 0.25) is 0 Å². The van der Waals surface area contributed by atoms with E-state index in [-0.39, 0.29) is 0 Å². The van der Waals surface area contributed by atoms with Gasteiger partial charge in [0.05, 0.1) is 0 Å². The van der Waals surface area contributed by atoms with Crippen molar-refractivity contribution in [2.75, 3.05) is 0 Å². The molecule has 0 saturated carbocycles. The summed E-state index contributed by atoms with van der Waals surface area (Å²) in [5.41, 5.74) is 0. The number of hydrogen-bond donors (Lipinski definition) is 0. The zero-order valence-corrected chi connectivity index (χ0v) is 45.9. The number of rotatable bonds is 30. The summed E-state index contributed by atoms with van der Waals surface area (Å²) >= 11 is 0. The van der Waals surface area contributed by atoms with Crippen LogP contribution in [0.4, 0.5) is 0 Å². The molecule has 0 fully saturated rings. The second-order valence-corrected chi connectivity index (χ2v) is 54.4. The zero-order valence-electron chi connectivity index (χ0n) is 35.7. The molecule has 302 valence electrons. The van der Waals surface area contributed by atoms with Crippen molar-refractivity contribution >= 4 is 85.8 Å². The minimum Gasteiger partial charge on any atom is -0.416 e. The standard InChI is InChI=1S/C33H76O9Si10/c1-22-28-44(7,8)37-50(19,38-45(9,10)29-23-2)34-43(35-51(20,39-46(11,12)30-24-3)40-47(13,14)31-25-4)36-52(21,41-48(15,16)32-26-5)42-49(17,18)33-27-6/h22-27,43H,1-6,28-33H2,7-21H3. The molecule has 0 heterocycles. The fraction of sp³-hybridized carbons (Fsp3) is 0.636. The van der Waals surface area contributed by atoms with E-state index in [9.17, 15) is 0 Å². The first-order chi connectivity index (χ1) is 23.4. The van der Waals surface area contributed by atoms with Gasteiger partial charge in [0.25, 0.3) is 0 Å². The quantitative estimate of drug-likeness (QED) is 0.0517. The second-order valence-electron chi connectivity index (χ2n) is 17.4. The summed E-state index contributed by atoms with van der Waals surface area (Å²) in [4.78, 5) is 0. The van der Waals surface area contributed by atoms with Crippen molar-refractivity contribution < 1.29 is 37.0 Å². The Kier molecular flexibility index (Phi) is 21.2. The summed E-state index contributed by atoms with van der Waals surface area (Å²) in [5.74, 6) is 0. The Bertz CT molecular complexity index is 980. The Morgan fingerprint density at radius 1 is 0.308 bits per heavy atom. The lowest BCUT2D eigenvalue weighted by molar-refractivity contribution is 0.145. The smallest absolute Gasteiger partial charge is 0.416 e. The van der Waals surface area contributed by atoms with E-state index in [0.717, 1.165) is 36.3 Å². The predicted molar refractivity (Wildman–Crippen MR) is 247 cm³/mol. The van der Waals surface area contributed by atoms with Crippen LogP contribution in [-0.2, 0) is 37.0 Å². The van der Waals surface area contributed by atoms with E-state index in [0.29, 0.717) is 0 Å². The Morgan fingerprint density at radius 3 is 0.558 bits per heavy atom. The van der Waals surface area contributed by atoms with Crippen LogP contribution in [0.25, 0.3) is 0 Å². The SMILES string of the molecule is C=CC[Si](C)(C)O[Si](C)(O[SiH](O[Si](C)(O[Si](C)(C)CC=C)O[Si](C)(C)CC=C)O[Si](C)(O[Si](C)(C)CC=C)O[Si](C)(C)CC=C)O[Si](C)(C)CC=C. The summed E-state index contributed by atoms with van der Waals surface area (Å²) in [7, 11) is -28.0. The van der Waals surface area contributed by atoms with E-state index in [4.69, 9.17) is 37.0 Å². The normalized spacial score (nSPS) is 14.3. The van der Waals surface area contributed by atoms with Crippen molar-refractivity contribution in [1.82, 2.24) is 0 Å². The minimum absolute atomic E-state index is 0.725. The molecule has 0 aliphatic heterocycles. The Hall–Kier alpha value is 0.249. The molecule has 19 heteroatoms. The number of hydrogen-bond acceptors (Lipinski definition) is 9. The largest absolute Gasteiger partial charge is 0.469 e. The molecule has 0 aliphatic rings. The molecular formula is C33H76O9Si10. The van der Waals surface area contributed by atoms with E-state index in [1.165, 1.54) is 0 Å². The summed E-state index contributed by atoms with van der Waals surface area (Å²) in [6, 6.07) is 4.35. The van der Waals surface area contributed by atoms with Crippen LogP contribution in [0.3, 0.4) is 0 Å². The second kappa shape index (κ2) is 21.1. The molecule has 0 aromatic carbocycles. The van der Waals surface area contributed by atoms with Gasteiger partial charge in [0.1, 0.15) is 0 Å². The molecule has 0 atom stereocenters. The summed E-state index contributed by atoms with van der Waals surface area (Å²) in [5, 5.41) is 0. The third-order valence-electron chi connectivity index (χ3n) is 7.52. The van der Waals surface area contributed by atoms with Crippen LogP contribution < -0.4 is 0 Å². The van der Waals surface area contributed by atoms with Crippen LogP contribution in [0.5, 0.6) is 0 Å². The van der Waals surface area contributed by atoms with Crippen molar-refractivity contribution in [3.8, 4) is 0 Å². The van der Waals surface area contributed by atoms with Gasteiger partial charge in [-0.3, -0.25) is 0 Å². The highest BCUT2D eigenvalue weighted by atomic mass is 28.6. The first-order valence-corrected chi connectivity index (χ1v) is 45.1. The van der Waals surface area contributed by atoms with E-state index in [2.05, 4.69) is 118 Å². The first kappa shape index (κ1) is 52.2. The van der Waals surface area contributed by atoms with Gasteiger partial charge in [0, 0.05) is 19.6 Å². The lowest BCUT2D eigenvalue weighted by atomic mass is 10.8. The highest BCUT2D eigenvalue weighted by Gasteiger charge is 2.56. The van der Waals surface area contributed by atoms with Crippen LogP contribution in [0.15, 0.2) is 75.9 Å². The molecule has 9 nitrogen and oxygen atoms in total. The van der Waals surface area contributed by atoms with Gasteiger partial charge < -0.3 is 37.0 Å². The lowest BCUT2D eigenvalue weighted by Crippen LogP contribution is -2.66. The van der Waals surface area contributed by atoms with Crippen LogP contribution in [-0.4, -0.2) is 85.8 Å². The molecule has 0 rings (SSSR count).